The van der Waals surface area contributed by atoms with Crippen molar-refractivity contribution in [1.82, 2.24) is 9.88 Å². The zero-order chi connectivity index (χ0) is 12.8. The van der Waals surface area contributed by atoms with Crippen LogP contribution < -0.4 is 0 Å². The molecule has 1 heterocycles. The van der Waals surface area contributed by atoms with E-state index < -0.39 is 0 Å². The van der Waals surface area contributed by atoms with Crippen molar-refractivity contribution < 1.29 is 9.90 Å². The van der Waals surface area contributed by atoms with Gasteiger partial charge in [0.05, 0.1) is 24.3 Å². The summed E-state index contributed by atoms with van der Waals surface area (Å²) >= 11 is 0. The SMILES string of the molecule is CC(C)N(CCC#N)C(=O)c1ccncc1O. The van der Waals surface area contributed by atoms with Crippen LogP contribution in [0.1, 0.15) is 30.6 Å². The van der Waals surface area contributed by atoms with Crippen LogP contribution in [0, 0.1) is 11.3 Å². The normalized spacial score (nSPS) is 10.0. The molecule has 1 rings (SSSR count). The first-order valence-electron chi connectivity index (χ1n) is 5.38. The third-order valence-electron chi connectivity index (χ3n) is 2.38. The maximum absolute atomic E-state index is 12.1. The van der Waals surface area contributed by atoms with Crippen molar-refractivity contribution in [2.24, 2.45) is 0 Å². The largest absolute Gasteiger partial charge is 0.505 e. The van der Waals surface area contributed by atoms with Crippen LogP contribution in [0.15, 0.2) is 18.5 Å². The van der Waals surface area contributed by atoms with Gasteiger partial charge in [-0.15, -0.1) is 0 Å². The Balaban J connectivity index is 2.93. The van der Waals surface area contributed by atoms with Gasteiger partial charge in [-0.3, -0.25) is 9.78 Å². The van der Waals surface area contributed by atoms with Gasteiger partial charge in [0, 0.05) is 18.8 Å². The lowest BCUT2D eigenvalue weighted by Gasteiger charge is -2.26. The summed E-state index contributed by atoms with van der Waals surface area (Å²) in [6, 6.07) is 3.45. The van der Waals surface area contributed by atoms with Gasteiger partial charge in [0.1, 0.15) is 5.75 Å². The molecule has 1 N–H and O–H groups in total. The molecule has 0 spiro atoms. The number of carbonyl (C=O) groups is 1. The van der Waals surface area contributed by atoms with Gasteiger partial charge < -0.3 is 10.0 Å². The van der Waals surface area contributed by atoms with E-state index in [4.69, 9.17) is 5.26 Å². The number of carbonyl (C=O) groups excluding carboxylic acids is 1. The molecule has 5 nitrogen and oxygen atoms in total. The zero-order valence-electron chi connectivity index (χ0n) is 9.92. The van der Waals surface area contributed by atoms with Gasteiger partial charge in [-0.25, -0.2) is 0 Å². The predicted octanol–water partition coefficient (Wildman–Crippen LogP) is 1.55. The molecule has 0 aromatic carbocycles. The van der Waals surface area contributed by atoms with E-state index in [1.54, 1.807) is 4.90 Å². The van der Waals surface area contributed by atoms with Crippen LogP contribution in [-0.4, -0.2) is 33.5 Å². The number of nitriles is 1. The second kappa shape index (κ2) is 5.85. The van der Waals surface area contributed by atoms with Crippen LogP contribution in [0.4, 0.5) is 0 Å². The minimum atomic E-state index is -0.282. The number of hydrogen-bond acceptors (Lipinski definition) is 4. The molecule has 1 aromatic rings. The molecule has 90 valence electrons. The van der Waals surface area contributed by atoms with E-state index in [0.29, 0.717) is 6.54 Å². The standard InChI is InChI=1S/C12H15N3O2/c1-9(2)15(7-3-5-13)12(17)10-4-6-14-8-11(10)16/h4,6,8-9,16H,3,7H2,1-2H3. The minimum absolute atomic E-state index is 0.0246. The van der Waals surface area contributed by atoms with E-state index in [2.05, 4.69) is 4.98 Å². The smallest absolute Gasteiger partial charge is 0.257 e. The lowest BCUT2D eigenvalue weighted by Crippen LogP contribution is -2.37. The molecule has 0 atom stereocenters. The molecule has 0 saturated carbocycles. The summed E-state index contributed by atoms with van der Waals surface area (Å²) in [4.78, 5) is 17.4. The molecule has 0 aliphatic carbocycles. The average Bonchev–Trinajstić information content (AvgIpc) is 2.29. The highest BCUT2D eigenvalue weighted by atomic mass is 16.3. The van der Waals surface area contributed by atoms with Crippen molar-refractivity contribution in [2.45, 2.75) is 26.3 Å². The Morgan fingerprint density at radius 3 is 2.88 bits per heavy atom. The van der Waals surface area contributed by atoms with Crippen molar-refractivity contribution in [1.29, 1.82) is 5.26 Å². The summed E-state index contributed by atoms with van der Waals surface area (Å²) in [6.07, 6.45) is 2.96. The van der Waals surface area contributed by atoms with Crippen molar-refractivity contribution in [3.8, 4) is 11.8 Å². The fourth-order valence-electron chi connectivity index (χ4n) is 1.49. The lowest BCUT2D eigenvalue weighted by atomic mass is 10.2. The first kappa shape index (κ1) is 13.0. The Morgan fingerprint density at radius 2 is 2.35 bits per heavy atom. The Hall–Kier alpha value is -2.09. The second-order valence-electron chi connectivity index (χ2n) is 3.89. The van der Waals surface area contributed by atoms with E-state index in [1.807, 2.05) is 19.9 Å². The Labute approximate surface area is 100 Å². The molecule has 0 radical (unpaired) electrons. The van der Waals surface area contributed by atoms with Gasteiger partial charge in [0.2, 0.25) is 0 Å². The first-order chi connectivity index (χ1) is 8.07. The van der Waals surface area contributed by atoms with Gasteiger partial charge in [-0.2, -0.15) is 5.26 Å². The molecule has 0 aliphatic heterocycles. The molecule has 0 aliphatic rings. The summed E-state index contributed by atoms with van der Waals surface area (Å²) in [5.41, 5.74) is 0.214. The lowest BCUT2D eigenvalue weighted by molar-refractivity contribution is 0.0707. The summed E-state index contributed by atoms with van der Waals surface area (Å²) in [6.45, 7) is 4.09. The maximum Gasteiger partial charge on any atom is 0.257 e. The minimum Gasteiger partial charge on any atom is -0.505 e. The molecule has 5 heteroatoms. The zero-order valence-corrected chi connectivity index (χ0v) is 9.92. The van der Waals surface area contributed by atoms with Crippen molar-refractivity contribution >= 4 is 5.91 Å². The third-order valence-corrected chi connectivity index (χ3v) is 2.38. The quantitative estimate of drug-likeness (QED) is 0.855. The molecular formula is C12H15N3O2. The van der Waals surface area contributed by atoms with Crippen molar-refractivity contribution in [3.05, 3.63) is 24.0 Å². The van der Waals surface area contributed by atoms with E-state index in [-0.39, 0.29) is 29.7 Å². The third kappa shape index (κ3) is 3.18. The van der Waals surface area contributed by atoms with Gasteiger partial charge in [0.25, 0.3) is 5.91 Å². The van der Waals surface area contributed by atoms with Crippen LogP contribution in [0.2, 0.25) is 0 Å². The highest BCUT2D eigenvalue weighted by Gasteiger charge is 2.20. The van der Waals surface area contributed by atoms with Crippen LogP contribution in [0.5, 0.6) is 5.75 Å². The number of aromatic nitrogens is 1. The Bertz CT molecular complexity index is 438. The number of rotatable bonds is 4. The van der Waals surface area contributed by atoms with Crippen LogP contribution in [0.25, 0.3) is 0 Å². The molecule has 0 unspecified atom stereocenters. The molecule has 0 fully saturated rings. The fraction of sp³-hybridized carbons (Fsp3) is 0.417. The number of hydrogen-bond donors (Lipinski definition) is 1. The Morgan fingerprint density at radius 1 is 1.65 bits per heavy atom. The molecule has 1 amide bonds. The molecule has 0 bridgehead atoms. The van der Waals surface area contributed by atoms with Gasteiger partial charge in [-0.1, -0.05) is 0 Å². The number of nitrogens with zero attached hydrogens (tertiary/aromatic N) is 3. The van der Waals surface area contributed by atoms with Gasteiger partial charge in [-0.05, 0) is 19.9 Å². The molecule has 0 saturated heterocycles. The van der Waals surface area contributed by atoms with Crippen LogP contribution >= 0.6 is 0 Å². The highest BCUT2D eigenvalue weighted by Crippen LogP contribution is 2.17. The fourth-order valence-corrected chi connectivity index (χ4v) is 1.49. The first-order valence-corrected chi connectivity index (χ1v) is 5.38. The number of aromatic hydroxyl groups is 1. The number of pyridine rings is 1. The summed E-state index contributed by atoms with van der Waals surface area (Å²) in [5, 5.41) is 18.1. The monoisotopic (exact) mass is 233 g/mol. The van der Waals surface area contributed by atoms with Crippen LogP contribution in [-0.2, 0) is 0 Å². The van der Waals surface area contributed by atoms with E-state index in [1.165, 1.54) is 18.5 Å². The summed E-state index contributed by atoms with van der Waals surface area (Å²) < 4.78 is 0. The van der Waals surface area contributed by atoms with Crippen molar-refractivity contribution in [3.63, 3.8) is 0 Å². The number of amides is 1. The topological polar surface area (TPSA) is 77.2 Å². The van der Waals surface area contributed by atoms with Crippen LogP contribution in [0.3, 0.4) is 0 Å². The summed E-state index contributed by atoms with van der Waals surface area (Å²) in [5.74, 6) is -0.421. The predicted molar refractivity (Wildman–Crippen MR) is 62.3 cm³/mol. The van der Waals surface area contributed by atoms with Crippen molar-refractivity contribution in [2.75, 3.05) is 6.54 Å². The highest BCUT2D eigenvalue weighted by molar-refractivity contribution is 5.96. The molecular weight excluding hydrogens is 218 g/mol. The molecule has 1 aromatic heterocycles. The van der Waals surface area contributed by atoms with E-state index in [9.17, 15) is 9.90 Å². The second-order valence-corrected chi connectivity index (χ2v) is 3.89. The van der Waals surface area contributed by atoms with E-state index in [0.717, 1.165) is 0 Å². The Kier molecular flexibility index (Phi) is 4.46. The van der Waals surface area contributed by atoms with Gasteiger partial charge >= 0.3 is 0 Å². The van der Waals surface area contributed by atoms with E-state index >= 15 is 0 Å². The average molecular weight is 233 g/mol. The van der Waals surface area contributed by atoms with Gasteiger partial charge in [0.15, 0.2) is 0 Å². The molecule has 17 heavy (non-hydrogen) atoms. The maximum atomic E-state index is 12.1. The summed E-state index contributed by atoms with van der Waals surface area (Å²) in [7, 11) is 0.